The average molecular weight is 396 g/mol. The maximum atomic E-state index is 13.2. The van der Waals surface area contributed by atoms with E-state index in [9.17, 15) is 4.79 Å². The highest BCUT2D eigenvalue weighted by Crippen LogP contribution is 2.45. The minimum atomic E-state index is 0.134. The van der Waals surface area contributed by atoms with Crippen LogP contribution in [0.2, 0.25) is 4.34 Å². The number of rotatable bonds is 3. The number of carbonyl (C=O) groups excluding carboxylic acids is 1. The molecule has 3 heterocycles. The van der Waals surface area contributed by atoms with Gasteiger partial charge in [-0.25, -0.2) is 0 Å². The molecule has 1 amide bonds. The van der Waals surface area contributed by atoms with Gasteiger partial charge in [0.1, 0.15) is 0 Å². The number of hydrogen-bond acceptors (Lipinski definition) is 4. The molecule has 0 radical (unpaired) electrons. The third-order valence-electron chi connectivity index (χ3n) is 5.55. The Balaban J connectivity index is 1.63. The van der Waals surface area contributed by atoms with Crippen LogP contribution in [0, 0.1) is 5.92 Å². The Kier molecular flexibility index (Phi) is 5.18. The zero-order valence-corrected chi connectivity index (χ0v) is 16.6. The topological polar surface area (TPSA) is 29.5 Å². The molecule has 1 aliphatic carbocycles. The maximum absolute atomic E-state index is 13.2. The fraction of sp³-hybridized carbons (Fsp3) is 0.526. The molecule has 0 bridgehead atoms. The van der Waals surface area contributed by atoms with E-state index >= 15 is 0 Å². The van der Waals surface area contributed by atoms with Crippen molar-refractivity contribution in [3.05, 3.63) is 43.2 Å². The van der Waals surface area contributed by atoms with Crippen molar-refractivity contribution in [2.75, 3.05) is 13.7 Å². The van der Waals surface area contributed by atoms with Crippen LogP contribution in [-0.4, -0.2) is 30.6 Å². The molecule has 134 valence electrons. The fourth-order valence-electron chi connectivity index (χ4n) is 4.24. The lowest BCUT2D eigenvalue weighted by atomic mass is 9.79. The lowest BCUT2D eigenvalue weighted by Gasteiger charge is -2.42. The van der Waals surface area contributed by atoms with E-state index in [2.05, 4.69) is 16.3 Å². The first-order valence-electron chi connectivity index (χ1n) is 8.82. The van der Waals surface area contributed by atoms with E-state index in [1.54, 1.807) is 7.11 Å². The Morgan fingerprint density at radius 2 is 2.04 bits per heavy atom. The molecule has 1 unspecified atom stereocenters. The molecule has 1 saturated carbocycles. The molecular formula is C19H22ClNO2S2. The predicted octanol–water partition coefficient (Wildman–Crippen LogP) is 5.41. The molecule has 3 nitrogen and oxygen atoms in total. The molecule has 0 spiro atoms. The summed E-state index contributed by atoms with van der Waals surface area (Å²) in [6.07, 6.45) is 5.75. The van der Waals surface area contributed by atoms with Crippen molar-refractivity contribution in [3.63, 3.8) is 0 Å². The van der Waals surface area contributed by atoms with Crippen LogP contribution < -0.4 is 0 Å². The smallest absolute Gasteiger partial charge is 0.264 e. The Labute approximate surface area is 161 Å². The van der Waals surface area contributed by atoms with Gasteiger partial charge in [0.05, 0.1) is 21.4 Å². The van der Waals surface area contributed by atoms with Crippen molar-refractivity contribution in [2.24, 2.45) is 5.92 Å². The highest BCUT2D eigenvalue weighted by molar-refractivity contribution is 7.18. The van der Waals surface area contributed by atoms with Crippen molar-refractivity contribution in [3.8, 4) is 0 Å². The molecular weight excluding hydrogens is 374 g/mol. The number of methoxy groups -OCH3 is 1. The molecule has 0 saturated heterocycles. The number of thiophene rings is 2. The number of carbonyl (C=O) groups is 1. The summed E-state index contributed by atoms with van der Waals surface area (Å²) in [5.41, 5.74) is 1.43. The van der Waals surface area contributed by atoms with Crippen LogP contribution in [0.3, 0.4) is 0 Å². The first kappa shape index (κ1) is 17.5. The van der Waals surface area contributed by atoms with Gasteiger partial charge >= 0.3 is 0 Å². The van der Waals surface area contributed by atoms with Crippen LogP contribution in [0.25, 0.3) is 0 Å². The van der Waals surface area contributed by atoms with Crippen LogP contribution in [0.1, 0.15) is 51.8 Å². The molecule has 1 aliphatic heterocycles. The van der Waals surface area contributed by atoms with E-state index in [1.165, 1.54) is 21.8 Å². The molecule has 4 rings (SSSR count). The molecule has 25 heavy (non-hydrogen) atoms. The maximum Gasteiger partial charge on any atom is 0.264 e. The van der Waals surface area contributed by atoms with E-state index in [0.29, 0.717) is 16.4 Å². The number of amides is 1. The van der Waals surface area contributed by atoms with Gasteiger partial charge in [-0.15, -0.1) is 22.7 Å². The van der Waals surface area contributed by atoms with Crippen molar-refractivity contribution >= 4 is 40.2 Å². The number of halogens is 1. The lowest BCUT2D eigenvalue weighted by molar-refractivity contribution is 0.0277. The molecule has 2 aliphatic rings. The molecule has 0 aromatic carbocycles. The second kappa shape index (κ2) is 7.39. The minimum Gasteiger partial charge on any atom is -0.381 e. The Hall–Kier alpha value is -0.880. The average Bonchev–Trinajstić information content (AvgIpc) is 3.29. The molecule has 2 aromatic rings. The largest absolute Gasteiger partial charge is 0.381 e. The molecule has 6 heteroatoms. The second-order valence-electron chi connectivity index (χ2n) is 6.88. The van der Waals surface area contributed by atoms with Crippen LogP contribution in [0.15, 0.2) is 23.6 Å². The van der Waals surface area contributed by atoms with Gasteiger partial charge in [0.15, 0.2) is 0 Å². The quantitative estimate of drug-likeness (QED) is 0.695. The van der Waals surface area contributed by atoms with Crippen LogP contribution >= 0.6 is 34.3 Å². The van der Waals surface area contributed by atoms with E-state index in [4.69, 9.17) is 16.3 Å². The van der Waals surface area contributed by atoms with Crippen molar-refractivity contribution in [2.45, 2.75) is 44.2 Å². The third kappa shape index (κ3) is 3.39. The number of nitrogens with zero attached hydrogens (tertiary/aromatic N) is 1. The normalized spacial score (nSPS) is 26.5. The van der Waals surface area contributed by atoms with Crippen LogP contribution in [0.4, 0.5) is 0 Å². The van der Waals surface area contributed by atoms with Crippen molar-refractivity contribution < 1.29 is 9.53 Å². The molecule has 1 atom stereocenters. The van der Waals surface area contributed by atoms with E-state index in [-0.39, 0.29) is 11.9 Å². The lowest BCUT2D eigenvalue weighted by Crippen LogP contribution is -2.43. The highest BCUT2D eigenvalue weighted by Gasteiger charge is 2.39. The zero-order chi connectivity index (χ0) is 17.4. The summed E-state index contributed by atoms with van der Waals surface area (Å²) < 4.78 is 6.21. The molecule has 1 fully saturated rings. The van der Waals surface area contributed by atoms with Gasteiger partial charge in [0, 0.05) is 18.5 Å². The van der Waals surface area contributed by atoms with Crippen LogP contribution in [0.5, 0.6) is 0 Å². The second-order valence-corrected chi connectivity index (χ2v) is 9.54. The van der Waals surface area contributed by atoms with Crippen molar-refractivity contribution in [1.82, 2.24) is 4.90 Å². The summed E-state index contributed by atoms with van der Waals surface area (Å²) in [5, 5.41) is 2.18. The number of hydrogen-bond donors (Lipinski definition) is 0. The van der Waals surface area contributed by atoms with Gasteiger partial charge in [-0.3, -0.25) is 4.79 Å². The number of fused-ring (bicyclic) bond motifs is 1. The SMILES string of the molecule is COC1CCC(C2c3sccc3CCN2C(=O)c2ccc(Cl)s2)CC1. The first-order chi connectivity index (χ1) is 12.2. The van der Waals surface area contributed by atoms with E-state index in [0.717, 1.165) is 43.5 Å². The van der Waals surface area contributed by atoms with Gasteiger partial charge in [-0.2, -0.15) is 0 Å². The predicted molar refractivity (Wildman–Crippen MR) is 104 cm³/mol. The first-order valence-corrected chi connectivity index (χ1v) is 10.9. The summed E-state index contributed by atoms with van der Waals surface area (Å²) in [7, 11) is 1.80. The van der Waals surface area contributed by atoms with E-state index < -0.39 is 0 Å². The zero-order valence-electron chi connectivity index (χ0n) is 14.2. The summed E-state index contributed by atoms with van der Waals surface area (Å²) >= 11 is 9.25. The summed E-state index contributed by atoms with van der Waals surface area (Å²) in [6, 6.07) is 6.11. The highest BCUT2D eigenvalue weighted by atomic mass is 35.5. The molecule has 0 N–H and O–H groups in total. The summed E-state index contributed by atoms with van der Waals surface area (Å²) in [4.78, 5) is 17.4. The summed E-state index contributed by atoms with van der Waals surface area (Å²) in [5.74, 6) is 0.651. The minimum absolute atomic E-state index is 0.134. The Morgan fingerprint density at radius 3 is 2.72 bits per heavy atom. The Morgan fingerprint density at radius 1 is 1.24 bits per heavy atom. The van der Waals surface area contributed by atoms with Gasteiger partial charge < -0.3 is 9.64 Å². The standard InChI is InChI=1S/C19H22ClNO2S2/c1-23-14-4-2-12(3-5-14)17-18-13(9-11-24-18)8-10-21(17)19(22)15-6-7-16(20)25-15/h6-7,9,11-12,14,17H,2-5,8,10H2,1H3. The van der Waals surface area contributed by atoms with Gasteiger partial charge in [-0.1, -0.05) is 11.6 Å². The van der Waals surface area contributed by atoms with Gasteiger partial charge in [0.2, 0.25) is 0 Å². The van der Waals surface area contributed by atoms with Gasteiger partial charge in [0.25, 0.3) is 5.91 Å². The summed E-state index contributed by atoms with van der Waals surface area (Å²) in [6.45, 7) is 0.799. The van der Waals surface area contributed by atoms with Crippen molar-refractivity contribution in [1.29, 1.82) is 0 Å². The number of ether oxygens (including phenoxy) is 1. The Bertz CT molecular complexity index is 748. The monoisotopic (exact) mass is 395 g/mol. The van der Waals surface area contributed by atoms with Crippen LogP contribution in [-0.2, 0) is 11.2 Å². The fourth-order valence-corrected chi connectivity index (χ4v) is 6.40. The third-order valence-corrected chi connectivity index (χ3v) is 7.80. The molecule has 2 aromatic heterocycles. The van der Waals surface area contributed by atoms with Gasteiger partial charge in [-0.05, 0) is 67.2 Å². The van der Waals surface area contributed by atoms with E-state index in [1.807, 2.05) is 23.5 Å².